The predicted octanol–water partition coefficient (Wildman–Crippen LogP) is 2.15. The molecule has 0 amide bonds. The Bertz CT molecular complexity index is 59.2. The molecule has 0 aliphatic carbocycles. The van der Waals surface area contributed by atoms with Crippen LogP contribution in [0.2, 0.25) is 0 Å². The van der Waals surface area contributed by atoms with Gasteiger partial charge in [0.15, 0.2) is 0 Å². The Labute approximate surface area is 49.7 Å². The van der Waals surface area contributed by atoms with Crippen molar-refractivity contribution in [2.24, 2.45) is 5.92 Å². The van der Waals surface area contributed by atoms with Crippen LogP contribution in [0.5, 0.6) is 0 Å². The summed E-state index contributed by atoms with van der Waals surface area (Å²) in [6.45, 7) is 4.61. The normalized spacial score (nSPS) is 40.3. The molecule has 42 valence electrons. The van der Waals surface area contributed by atoms with Crippen LogP contribution in [0.4, 0.5) is 0 Å². The molecule has 0 aromatic heterocycles. The smallest absolute Gasteiger partial charge is 0.00780 e. The number of hydrogen-bond acceptors (Lipinski definition) is 1. The molecule has 1 fully saturated rings. The summed E-state index contributed by atoms with van der Waals surface area (Å²) >= 11 is 2.11. The zero-order chi connectivity index (χ0) is 5.28. The highest BCUT2D eigenvalue weighted by Crippen LogP contribution is 2.35. The molecule has 1 heterocycles. The molecule has 0 N–H and O–H groups in total. The third-order valence-corrected chi connectivity index (χ3v) is 3.55. The third kappa shape index (κ3) is 0.933. The Kier molecular flexibility index (Phi) is 1.63. The first-order chi connectivity index (χ1) is 3.34. The van der Waals surface area contributed by atoms with E-state index in [0.29, 0.717) is 0 Å². The second-order valence-corrected chi connectivity index (χ2v) is 3.53. The molecule has 0 radical (unpaired) electrons. The van der Waals surface area contributed by atoms with Gasteiger partial charge in [-0.1, -0.05) is 13.8 Å². The van der Waals surface area contributed by atoms with Gasteiger partial charge in [0.1, 0.15) is 0 Å². The van der Waals surface area contributed by atoms with Crippen LogP contribution in [0.25, 0.3) is 0 Å². The molecular weight excluding hydrogens is 104 g/mol. The van der Waals surface area contributed by atoms with Crippen molar-refractivity contribution in [2.45, 2.75) is 25.5 Å². The van der Waals surface area contributed by atoms with Gasteiger partial charge in [0.2, 0.25) is 0 Å². The van der Waals surface area contributed by atoms with E-state index in [0.717, 1.165) is 11.2 Å². The number of thioether (sulfide) groups is 1. The molecule has 0 aromatic carbocycles. The van der Waals surface area contributed by atoms with Crippen molar-refractivity contribution in [3.63, 3.8) is 0 Å². The first kappa shape index (κ1) is 5.49. The summed E-state index contributed by atoms with van der Waals surface area (Å²) in [6.07, 6.45) is 1.37. The van der Waals surface area contributed by atoms with E-state index in [9.17, 15) is 0 Å². The van der Waals surface area contributed by atoms with Gasteiger partial charge >= 0.3 is 0 Å². The average molecular weight is 116 g/mol. The van der Waals surface area contributed by atoms with Gasteiger partial charge in [-0.25, -0.2) is 0 Å². The van der Waals surface area contributed by atoms with Gasteiger partial charge in [0.05, 0.1) is 0 Å². The van der Waals surface area contributed by atoms with Crippen molar-refractivity contribution in [2.75, 3.05) is 5.75 Å². The Morgan fingerprint density at radius 2 is 2.43 bits per heavy atom. The van der Waals surface area contributed by atoms with Crippen LogP contribution in [-0.4, -0.2) is 11.0 Å². The van der Waals surface area contributed by atoms with E-state index in [1.807, 2.05) is 0 Å². The van der Waals surface area contributed by atoms with Crippen molar-refractivity contribution in [1.29, 1.82) is 0 Å². The molecule has 1 aliphatic heterocycles. The molecule has 0 aromatic rings. The first-order valence-electron chi connectivity index (χ1n) is 2.96. The molecule has 0 bridgehead atoms. The Hall–Kier alpha value is 0.350. The monoisotopic (exact) mass is 116 g/mol. The molecule has 0 saturated carbocycles. The minimum Gasteiger partial charge on any atom is -0.158 e. The minimum atomic E-state index is 1.000. The number of hydrogen-bond donors (Lipinski definition) is 0. The summed E-state index contributed by atoms with van der Waals surface area (Å²) in [5.74, 6) is 2.41. The largest absolute Gasteiger partial charge is 0.158 e. The third-order valence-electron chi connectivity index (χ3n) is 1.61. The van der Waals surface area contributed by atoms with Crippen LogP contribution < -0.4 is 0 Å². The molecule has 1 heteroatoms. The van der Waals surface area contributed by atoms with Crippen molar-refractivity contribution in [3.05, 3.63) is 0 Å². The quantitative estimate of drug-likeness (QED) is 0.506. The van der Waals surface area contributed by atoms with Gasteiger partial charge in [0, 0.05) is 5.25 Å². The first-order valence-corrected chi connectivity index (χ1v) is 4.01. The van der Waals surface area contributed by atoms with Gasteiger partial charge in [-0.3, -0.25) is 0 Å². The van der Waals surface area contributed by atoms with E-state index in [1.165, 1.54) is 12.2 Å². The van der Waals surface area contributed by atoms with E-state index in [-0.39, 0.29) is 0 Å². The minimum absolute atomic E-state index is 1.000. The van der Waals surface area contributed by atoms with Gasteiger partial charge in [-0.05, 0) is 18.1 Å². The van der Waals surface area contributed by atoms with Crippen molar-refractivity contribution in [1.82, 2.24) is 0 Å². The van der Waals surface area contributed by atoms with Crippen LogP contribution in [0.3, 0.4) is 0 Å². The second-order valence-electron chi connectivity index (χ2n) is 2.26. The standard InChI is InChI=1S/C6H12S/c1-3-6-5(2)4-7-6/h5-6H,3-4H2,1-2H3. The summed E-state index contributed by atoms with van der Waals surface area (Å²) < 4.78 is 0. The summed E-state index contributed by atoms with van der Waals surface area (Å²) in [4.78, 5) is 0. The molecule has 2 atom stereocenters. The zero-order valence-electron chi connectivity index (χ0n) is 4.98. The molecule has 1 rings (SSSR count). The highest BCUT2D eigenvalue weighted by atomic mass is 32.2. The molecule has 0 spiro atoms. The SMILES string of the molecule is CCC1SCC1C. The lowest BCUT2D eigenvalue weighted by atomic mass is 10.1. The second kappa shape index (κ2) is 2.08. The van der Waals surface area contributed by atoms with Crippen LogP contribution in [0.1, 0.15) is 20.3 Å². The van der Waals surface area contributed by atoms with E-state index in [4.69, 9.17) is 0 Å². The lowest BCUT2D eigenvalue weighted by Gasteiger charge is -2.31. The topological polar surface area (TPSA) is 0 Å². The van der Waals surface area contributed by atoms with Crippen LogP contribution >= 0.6 is 11.8 Å². The average Bonchev–Trinajstić information content (AvgIpc) is 1.65. The molecular formula is C6H12S. The molecule has 7 heavy (non-hydrogen) atoms. The number of rotatable bonds is 1. The van der Waals surface area contributed by atoms with Crippen molar-refractivity contribution >= 4 is 11.8 Å². The fraction of sp³-hybridized carbons (Fsp3) is 1.00. The van der Waals surface area contributed by atoms with Crippen molar-refractivity contribution < 1.29 is 0 Å². The van der Waals surface area contributed by atoms with Gasteiger partial charge < -0.3 is 0 Å². The molecule has 1 saturated heterocycles. The zero-order valence-corrected chi connectivity index (χ0v) is 5.79. The summed E-state index contributed by atoms with van der Waals surface area (Å²) in [6, 6.07) is 0. The molecule has 2 unspecified atom stereocenters. The van der Waals surface area contributed by atoms with Crippen LogP contribution in [0, 0.1) is 5.92 Å². The summed E-state index contributed by atoms with van der Waals surface area (Å²) in [7, 11) is 0. The van der Waals surface area contributed by atoms with E-state index in [1.54, 1.807) is 0 Å². The van der Waals surface area contributed by atoms with Crippen molar-refractivity contribution in [3.8, 4) is 0 Å². The lowest BCUT2D eigenvalue weighted by Crippen LogP contribution is -2.26. The maximum atomic E-state index is 2.34. The fourth-order valence-corrected chi connectivity index (χ4v) is 2.03. The summed E-state index contributed by atoms with van der Waals surface area (Å²) in [5, 5.41) is 1.000. The fourth-order valence-electron chi connectivity index (χ4n) is 0.945. The van der Waals surface area contributed by atoms with E-state index >= 15 is 0 Å². The van der Waals surface area contributed by atoms with E-state index < -0.39 is 0 Å². The van der Waals surface area contributed by atoms with Crippen LogP contribution in [-0.2, 0) is 0 Å². The molecule has 0 nitrogen and oxygen atoms in total. The Morgan fingerprint density at radius 1 is 1.71 bits per heavy atom. The van der Waals surface area contributed by atoms with Gasteiger partial charge in [-0.15, -0.1) is 0 Å². The molecule has 1 aliphatic rings. The van der Waals surface area contributed by atoms with Gasteiger partial charge in [-0.2, -0.15) is 11.8 Å². The maximum Gasteiger partial charge on any atom is 0.00780 e. The summed E-state index contributed by atoms with van der Waals surface area (Å²) in [5.41, 5.74) is 0. The highest BCUT2D eigenvalue weighted by molar-refractivity contribution is 8.01. The van der Waals surface area contributed by atoms with E-state index in [2.05, 4.69) is 25.6 Å². The maximum absolute atomic E-state index is 2.34. The highest BCUT2D eigenvalue weighted by Gasteiger charge is 2.24. The van der Waals surface area contributed by atoms with Gasteiger partial charge in [0.25, 0.3) is 0 Å². The Morgan fingerprint density at radius 3 is 2.43 bits per heavy atom. The predicted molar refractivity (Wildman–Crippen MR) is 35.7 cm³/mol. The Balaban J connectivity index is 2.16. The van der Waals surface area contributed by atoms with Crippen LogP contribution in [0.15, 0.2) is 0 Å². The lowest BCUT2D eigenvalue weighted by molar-refractivity contribution is 0.562.